The number of benzene rings is 2. The largest absolute Gasteiger partial charge is 0.454 e. The quantitative estimate of drug-likeness (QED) is 0.717. The Kier molecular flexibility index (Phi) is 4.08. The fraction of sp³-hybridized carbons (Fsp3) is 0.261. The number of hydrogen-bond acceptors (Lipinski definition) is 5. The third-order valence-corrected chi connectivity index (χ3v) is 5.39. The number of rotatable bonds is 2. The third-order valence-electron chi connectivity index (χ3n) is 5.39. The van der Waals surface area contributed by atoms with Crippen molar-refractivity contribution in [2.75, 3.05) is 13.6 Å². The summed E-state index contributed by atoms with van der Waals surface area (Å²) < 4.78 is 21.6. The molecule has 1 fully saturated rings. The van der Waals surface area contributed by atoms with Gasteiger partial charge in [-0.2, -0.15) is 0 Å². The van der Waals surface area contributed by atoms with Crippen LogP contribution in [0.3, 0.4) is 0 Å². The molecule has 28 heavy (non-hydrogen) atoms. The highest BCUT2D eigenvalue weighted by Gasteiger charge is 2.27. The van der Waals surface area contributed by atoms with Crippen molar-refractivity contribution in [3.8, 4) is 23.0 Å². The second kappa shape index (κ2) is 6.75. The van der Waals surface area contributed by atoms with E-state index in [0.717, 1.165) is 58.1 Å². The molecule has 1 aliphatic carbocycles. The van der Waals surface area contributed by atoms with Crippen LogP contribution in [0.15, 0.2) is 47.5 Å². The van der Waals surface area contributed by atoms with Gasteiger partial charge in [-0.25, -0.2) is 0 Å². The van der Waals surface area contributed by atoms with Crippen LogP contribution >= 0.6 is 0 Å². The van der Waals surface area contributed by atoms with Crippen molar-refractivity contribution in [2.45, 2.75) is 19.8 Å². The highest BCUT2D eigenvalue weighted by atomic mass is 16.7. The van der Waals surface area contributed by atoms with Crippen molar-refractivity contribution < 1.29 is 23.7 Å². The summed E-state index contributed by atoms with van der Waals surface area (Å²) in [4.78, 5) is 13.2. The first-order chi connectivity index (χ1) is 13.7. The zero-order chi connectivity index (χ0) is 19.1. The minimum absolute atomic E-state index is 0.106. The molecule has 0 N–H and O–H groups in total. The van der Waals surface area contributed by atoms with Gasteiger partial charge >= 0.3 is 0 Å². The molecule has 2 heterocycles. The van der Waals surface area contributed by atoms with Crippen LogP contribution in [0.25, 0.3) is 12.2 Å². The minimum atomic E-state index is 0.106. The van der Waals surface area contributed by atoms with Crippen LogP contribution in [0.4, 0.5) is 0 Å². The summed E-state index contributed by atoms with van der Waals surface area (Å²) in [5.41, 5.74) is 3.55. The number of hydrogen-bond donors (Lipinski definition) is 0. The van der Waals surface area contributed by atoms with E-state index >= 15 is 0 Å². The van der Waals surface area contributed by atoms with E-state index in [1.54, 1.807) is 0 Å². The number of allylic oxidation sites excluding steroid dienone is 2. The number of fused-ring (bicyclic) bond motifs is 2. The molecule has 0 spiro atoms. The Balaban J connectivity index is 1.45. The van der Waals surface area contributed by atoms with E-state index in [0.29, 0.717) is 0 Å². The first kappa shape index (κ1) is 16.9. The molecule has 5 nitrogen and oxygen atoms in total. The van der Waals surface area contributed by atoms with Crippen molar-refractivity contribution >= 4 is 17.9 Å². The molecule has 2 aromatic rings. The second-order valence-electron chi connectivity index (χ2n) is 7.26. The zero-order valence-corrected chi connectivity index (χ0v) is 15.6. The molecule has 2 aliphatic heterocycles. The Morgan fingerprint density at radius 1 is 0.821 bits per heavy atom. The van der Waals surface area contributed by atoms with Crippen molar-refractivity contribution in [1.29, 1.82) is 0 Å². The van der Waals surface area contributed by atoms with Gasteiger partial charge in [0.05, 0.1) is 0 Å². The van der Waals surface area contributed by atoms with E-state index in [1.165, 1.54) is 0 Å². The lowest BCUT2D eigenvalue weighted by molar-refractivity contribution is -0.113. The molecule has 5 rings (SSSR count). The van der Waals surface area contributed by atoms with Crippen LogP contribution < -0.4 is 18.9 Å². The van der Waals surface area contributed by atoms with Crippen LogP contribution in [0.1, 0.15) is 30.9 Å². The monoisotopic (exact) mass is 376 g/mol. The summed E-state index contributed by atoms with van der Waals surface area (Å²) in [6, 6.07) is 11.5. The fourth-order valence-corrected chi connectivity index (χ4v) is 3.78. The molecule has 0 bridgehead atoms. The first-order valence-electron chi connectivity index (χ1n) is 9.43. The standard InChI is InChI=1S/C23H20O5/c1-14-2-5-17(8-15-3-6-19-21(10-15)27-12-25-19)23(24)18(14)9-16-4-7-20-22(11-16)28-13-26-20/h3-4,6-11,14H,2,5,12-13H2,1H3/b17-8-,18-9+/t14-/m1/s1. The molecule has 0 unspecified atom stereocenters. The number of ether oxygens (including phenoxy) is 4. The molecular weight excluding hydrogens is 356 g/mol. The summed E-state index contributed by atoms with van der Waals surface area (Å²) in [5.74, 6) is 3.26. The molecule has 0 radical (unpaired) electrons. The molecule has 0 amide bonds. The van der Waals surface area contributed by atoms with Crippen molar-refractivity contribution in [3.05, 3.63) is 58.7 Å². The maximum atomic E-state index is 13.2. The molecule has 5 heteroatoms. The van der Waals surface area contributed by atoms with Gasteiger partial charge < -0.3 is 18.9 Å². The molecule has 3 aliphatic rings. The van der Waals surface area contributed by atoms with E-state index in [9.17, 15) is 4.79 Å². The molecule has 142 valence electrons. The Labute approximate surface area is 163 Å². The lowest BCUT2D eigenvalue weighted by atomic mass is 9.80. The van der Waals surface area contributed by atoms with Crippen LogP contribution in [-0.4, -0.2) is 19.4 Å². The van der Waals surface area contributed by atoms with Crippen LogP contribution in [0, 0.1) is 5.92 Å². The van der Waals surface area contributed by atoms with Gasteiger partial charge in [-0.3, -0.25) is 4.79 Å². The molecule has 1 atom stereocenters. The summed E-state index contributed by atoms with van der Waals surface area (Å²) >= 11 is 0. The zero-order valence-electron chi connectivity index (χ0n) is 15.6. The van der Waals surface area contributed by atoms with Crippen LogP contribution in [-0.2, 0) is 4.79 Å². The number of carbonyl (C=O) groups excluding carboxylic acids is 1. The molecule has 0 saturated heterocycles. The van der Waals surface area contributed by atoms with E-state index in [4.69, 9.17) is 18.9 Å². The van der Waals surface area contributed by atoms with Gasteiger partial charge in [0.1, 0.15) is 0 Å². The van der Waals surface area contributed by atoms with Crippen molar-refractivity contribution in [3.63, 3.8) is 0 Å². The van der Waals surface area contributed by atoms with E-state index in [-0.39, 0.29) is 25.3 Å². The van der Waals surface area contributed by atoms with Gasteiger partial charge in [0.15, 0.2) is 28.8 Å². The van der Waals surface area contributed by atoms with Gasteiger partial charge in [0, 0.05) is 11.1 Å². The number of carbonyl (C=O) groups is 1. The first-order valence-corrected chi connectivity index (χ1v) is 9.43. The smallest absolute Gasteiger partial charge is 0.231 e. The Morgan fingerprint density at radius 2 is 1.39 bits per heavy atom. The predicted octanol–water partition coefficient (Wildman–Crippen LogP) is 4.61. The number of Topliss-reactive ketones (excluding diaryl/α,β-unsaturated/α-hetero) is 1. The van der Waals surface area contributed by atoms with E-state index < -0.39 is 0 Å². The van der Waals surface area contributed by atoms with Crippen LogP contribution in [0.5, 0.6) is 23.0 Å². The summed E-state index contributed by atoms with van der Waals surface area (Å²) in [6.07, 6.45) is 5.65. The molecule has 2 aromatic carbocycles. The maximum Gasteiger partial charge on any atom is 0.231 e. The highest BCUT2D eigenvalue weighted by molar-refractivity contribution is 6.14. The average molecular weight is 376 g/mol. The average Bonchev–Trinajstić information content (AvgIpc) is 3.35. The Morgan fingerprint density at radius 3 is 2.04 bits per heavy atom. The Bertz CT molecular complexity index is 1020. The predicted molar refractivity (Wildman–Crippen MR) is 104 cm³/mol. The maximum absolute atomic E-state index is 13.2. The summed E-state index contributed by atoms with van der Waals surface area (Å²) in [5, 5.41) is 0. The van der Waals surface area contributed by atoms with E-state index in [2.05, 4.69) is 6.92 Å². The van der Waals surface area contributed by atoms with E-state index in [1.807, 2.05) is 48.6 Å². The highest BCUT2D eigenvalue weighted by Crippen LogP contribution is 2.37. The minimum Gasteiger partial charge on any atom is -0.454 e. The van der Waals surface area contributed by atoms with Crippen molar-refractivity contribution in [1.82, 2.24) is 0 Å². The topological polar surface area (TPSA) is 54.0 Å². The van der Waals surface area contributed by atoms with Crippen LogP contribution in [0.2, 0.25) is 0 Å². The van der Waals surface area contributed by atoms with Gasteiger partial charge in [-0.15, -0.1) is 0 Å². The fourth-order valence-electron chi connectivity index (χ4n) is 3.78. The number of ketones is 1. The van der Waals surface area contributed by atoms with Crippen molar-refractivity contribution in [2.24, 2.45) is 5.92 Å². The van der Waals surface area contributed by atoms with Gasteiger partial charge in [0.25, 0.3) is 0 Å². The lowest BCUT2D eigenvalue weighted by Gasteiger charge is -2.23. The van der Waals surface area contributed by atoms with Gasteiger partial charge in [-0.05, 0) is 66.3 Å². The van der Waals surface area contributed by atoms with Gasteiger partial charge in [-0.1, -0.05) is 19.1 Å². The SMILES string of the molecule is C[C@@H]1CC/C(=C/c2ccc3c(c2)OCO3)C(=O)/C1=C/c1ccc2c(c1)OCO2. The van der Waals surface area contributed by atoms with Gasteiger partial charge in [0.2, 0.25) is 13.6 Å². The Hall–Kier alpha value is -3.21. The molecular formula is C23H20O5. The molecule has 1 saturated carbocycles. The second-order valence-corrected chi connectivity index (χ2v) is 7.26. The normalized spacial score (nSPS) is 22.9. The summed E-state index contributed by atoms with van der Waals surface area (Å²) in [7, 11) is 0. The third kappa shape index (κ3) is 3.03. The lowest BCUT2D eigenvalue weighted by Crippen LogP contribution is -2.19. The summed E-state index contributed by atoms with van der Waals surface area (Å²) in [6.45, 7) is 2.59. The molecule has 0 aromatic heterocycles.